The van der Waals surface area contributed by atoms with Crippen molar-refractivity contribution in [2.45, 2.75) is 13.8 Å². The molecule has 1 aliphatic heterocycles. The highest BCUT2D eigenvalue weighted by molar-refractivity contribution is 6.30. The van der Waals surface area contributed by atoms with Gasteiger partial charge in [-0.15, -0.1) is 0 Å². The molecule has 0 atom stereocenters. The van der Waals surface area contributed by atoms with Crippen LogP contribution in [-0.2, 0) is 4.74 Å². The number of halogens is 1. The van der Waals surface area contributed by atoms with Gasteiger partial charge < -0.3 is 19.0 Å². The van der Waals surface area contributed by atoms with E-state index in [4.69, 9.17) is 20.8 Å². The van der Waals surface area contributed by atoms with Gasteiger partial charge in [0.2, 0.25) is 0 Å². The highest BCUT2D eigenvalue weighted by Gasteiger charge is 2.27. The number of furan rings is 1. The second-order valence-electron chi connectivity index (χ2n) is 9.26. The van der Waals surface area contributed by atoms with Crippen LogP contribution in [0.4, 0.5) is 17.1 Å². The molecule has 0 aliphatic carbocycles. The van der Waals surface area contributed by atoms with Gasteiger partial charge in [0.25, 0.3) is 5.69 Å². The fraction of sp³-hybridized carbons (Fsp3) is 0.233. The number of aryl methyl sites for hydroxylation is 1. The molecule has 200 valence electrons. The third-order valence-corrected chi connectivity index (χ3v) is 7.13. The quantitative estimate of drug-likeness (QED) is 0.140. The first-order valence-corrected chi connectivity index (χ1v) is 13.1. The Bertz CT molecular complexity index is 1490. The van der Waals surface area contributed by atoms with Crippen LogP contribution in [0.2, 0.25) is 5.02 Å². The van der Waals surface area contributed by atoms with Gasteiger partial charge in [-0.2, -0.15) is 0 Å². The summed E-state index contributed by atoms with van der Waals surface area (Å²) in [5, 5.41) is 11.6. The highest BCUT2D eigenvalue weighted by atomic mass is 35.5. The number of carbonyl (C=O) groups is 1. The second kappa shape index (κ2) is 11.2. The predicted molar refractivity (Wildman–Crippen MR) is 153 cm³/mol. The monoisotopic (exact) mass is 545 g/mol. The summed E-state index contributed by atoms with van der Waals surface area (Å²) in [6.07, 6.45) is 0. The van der Waals surface area contributed by atoms with Crippen LogP contribution in [0.5, 0.6) is 0 Å². The van der Waals surface area contributed by atoms with Gasteiger partial charge in [0.1, 0.15) is 17.1 Å². The summed E-state index contributed by atoms with van der Waals surface area (Å²) in [7, 11) is 0. The van der Waals surface area contributed by atoms with Crippen molar-refractivity contribution >= 4 is 34.6 Å². The van der Waals surface area contributed by atoms with Crippen molar-refractivity contribution in [1.82, 2.24) is 0 Å². The molecule has 0 N–H and O–H groups in total. The minimum atomic E-state index is -0.420. The number of benzene rings is 3. The minimum Gasteiger partial charge on any atom is -0.462 e. The maximum atomic E-state index is 13.0. The predicted octanol–water partition coefficient (Wildman–Crippen LogP) is 6.99. The Morgan fingerprint density at radius 2 is 1.59 bits per heavy atom. The molecular weight excluding hydrogens is 518 g/mol. The average molecular weight is 546 g/mol. The van der Waals surface area contributed by atoms with Crippen LogP contribution >= 0.6 is 11.6 Å². The lowest BCUT2D eigenvalue weighted by atomic mass is 9.96. The van der Waals surface area contributed by atoms with Crippen LogP contribution < -0.4 is 9.80 Å². The largest absolute Gasteiger partial charge is 0.462 e. The molecule has 0 bridgehead atoms. The molecule has 0 spiro atoms. The molecule has 8 nitrogen and oxygen atoms in total. The van der Waals surface area contributed by atoms with Crippen molar-refractivity contribution in [3.05, 3.63) is 99.3 Å². The second-order valence-corrected chi connectivity index (χ2v) is 9.70. The van der Waals surface area contributed by atoms with Gasteiger partial charge >= 0.3 is 5.97 Å². The summed E-state index contributed by atoms with van der Waals surface area (Å²) < 4.78 is 11.5. The van der Waals surface area contributed by atoms with Gasteiger partial charge in [-0.1, -0.05) is 23.7 Å². The summed E-state index contributed by atoms with van der Waals surface area (Å²) >= 11 is 6.12. The van der Waals surface area contributed by atoms with Crippen molar-refractivity contribution in [2.24, 2.45) is 0 Å². The molecule has 2 heterocycles. The van der Waals surface area contributed by atoms with Crippen molar-refractivity contribution in [2.75, 3.05) is 42.6 Å². The fourth-order valence-electron chi connectivity index (χ4n) is 4.94. The lowest BCUT2D eigenvalue weighted by molar-refractivity contribution is -0.384. The molecule has 0 unspecified atom stereocenters. The molecule has 9 heteroatoms. The van der Waals surface area contributed by atoms with Gasteiger partial charge in [-0.05, 0) is 67.9 Å². The number of hydrogen-bond acceptors (Lipinski definition) is 7. The number of rotatable bonds is 7. The zero-order valence-corrected chi connectivity index (χ0v) is 22.5. The van der Waals surface area contributed by atoms with Gasteiger partial charge in [0, 0.05) is 65.8 Å². The molecule has 1 fully saturated rings. The summed E-state index contributed by atoms with van der Waals surface area (Å²) in [5.74, 6) is 0.666. The zero-order valence-electron chi connectivity index (χ0n) is 21.7. The van der Waals surface area contributed by atoms with Crippen LogP contribution in [-0.4, -0.2) is 43.7 Å². The first kappa shape index (κ1) is 26.3. The number of nitrogens with zero attached hydrogens (tertiary/aromatic N) is 3. The number of carbonyl (C=O) groups excluding carboxylic acids is 1. The van der Waals surface area contributed by atoms with Gasteiger partial charge in [0.05, 0.1) is 11.5 Å². The molecule has 3 aromatic carbocycles. The first-order chi connectivity index (χ1) is 18.9. The standard InChI is InChI=1S/C30H28ClN3O5/c1-3-38-30(35)27-20(2)39-29(21-7-9-23(31)10-8-21)28(27)22-5-4-6-26(19-22)33-17-15-32(16-18-33)24-11-13-25(14-12-24)34(36)37/h4-14,19H,3,15-18H2,1-2H3. The maximum absolute atomic E-state index is 13.0. The Morgan fingerprint density at radius 1 is 0.949 bits per heavy atom. The summed E-state index contributed by atoms with van der Waals surface area (Å²) in [6, 6.07) is 22.1. The molecular formula is C30H28ClN3O5. The first-order valence-electron chi connectivity index (χ1n) is 12.8. The van der Waals surface area contributed by atoms with Crippen LogP contribution in [0.25, 0.3) is 22.5 Å². The lowest BCUT2D eigenvalue weighted by Crippen LogP contribution is -2.46. The van der Waals surface area contributed by atoms with E-state index in [1.165, 1.54) is 12.1 Å². The van der Waals surface area contributed by atoms with E-state index in [9.17, 15) is 14.9 Å². The number of hydrogen-bond donors (Lipinski definition) is 0. The van der Waals surface area contributed by atoms with Crippen molar-refractivity contribution in [3.63, 3.8) is 0 Å². The van der Waals surface area contributed by atoms with E-state index >= 15 is 0 Å². The Kier molecular flexibility index (Phi) is 7.56. The molecule has 0 radical (unpaired) electrons. The molecule has 1 aromatic heterocycles. The van der Waals surface area contributed by atoms with E-state index < -0.39 is 5.97 Å². The van der Waals surface area contributed by atoms with Crippen LogP contribution in [0.1, 0.15) is 23.0 Å². The topological polar surface area (TPSA) is 89.1 Å². The summed E-state index contributed by atoms with van der Waals surface area (Å²) in [6.45, 7) is 6.92. The zero-order chi connectivity index (χ0) is 27.5. The van der Waals surface area contributed by atoms with E-state index in [0.29, 0.717) is 27.7 Å². The van der Waals surface area contributed by atoms with E-state index in [2.05, 4.69) is 21.9 Å². The molecule has 4 aromatic rings. The minimum absolute atomic E-state index is 0.0869. The van der Waals surface area contributed by atoms with E-state index in [0.717, 1.165) is 48.7 Å². The van der Waals surface area contributed by atoms with Crippen LogP contribution in [0.3, 0.4) is 0 Å². The van der Waals surface area contributed by atoms with Crippen LogP contribution in [0, 0.1) is 17.0 Å². The third kappa shape index (κ3) is 5.47. The number of esters is 1. The van der Waals surface area contributed by atoms with Crippen molar-refractivity contribution in [1.29, 1.82) is 0 Å². The molecule has 0 amide bonds. The number of ether oxygens (including phenoxy) is 1. The maximum Gasteiger partial charge on any atom is 0.342 e. The Labute approximate surface area is 231 Å². The van der Waals surface area contributed by atoms with Crippen LogP contribution in [0.15, 0.2) is 77.2 Å². The van der Waals surface area contributed by atoms with Gasteiger partial charge in [-0.25, -0.2) is 4.79 Å². The number of anilines is 2. The highest BCUT2D eigenvalue weighted by Crippen LogP contribution is 2.41. The molecule has 1 saturated heterocycles. The van der Waals surface area contributed by atoms with E-state index in [1.54, 1.807) is 38.1 Å². The Balaban J connectivity index is 1.44. The van der Waals surface area contributed by atoms with Gasteiger partial charge in [-0.3, -0.25) is 10.1 Å². The van der Waals surface area contributed by atoms with E-state index in [-0.39, 0.29) is 17.2 Å². The van der Waals surface area contributed by atoms with Crippen molar-refractivity contribution in [3.8, 4) is 22.5 Å². The summed E-state index contributed by atoms with van der Waals surface area (Å²) in [5.41, 5.74) is 4.87. The number of piperazine rings is 1. The van der Waals surface area contributed by atoms with Crippen molar-refractivity contribution < 1.29 is 18.9 Å². The normalized spacial score (nSPS) is 13.4. The lowest BCUT2D eigenvalue weighted by Gasteiger charge is -2.37. The molecule has 1 aliphatic rings. The number of nitro groups is 1. The SMILES string of the molecule is CCOC(=O)c1c(C)oc(-c2ccc(Cl)cc2)c1-c1cccc(N2CCN(c3ccc([N+](=O)[O-])cc3)CC2)c1. The number of nitro benzene ring substituents is 1. The third-order valence-electron chi connectivity index (χ3n) is 6.88. The average Bonchev–Trinajstić information content (AvgIpc) is 3.31. The Hall–Kier alpha value is -4.30. The molecule has 5 rings (SSSR count). The molecule has 0 saturated carbocycles. The number of non-ortho nitro benzene ring substituents is 1. The Morgan fingerprint density at radius 3 is 2.21 bits per heavy atom. The van der Waals surface area contributed by atoms with Gasteiger partial charge in [0.15, 0.2) is 0 Å². The van der Waals surface area contributed by atoms with E-state index in [1.807, 2.05) is 24.3 Å². The summed E-state index contributed by atoms with van der Waals surface area (Å²) in [4.78, 5) is 28.1. The molecule has 39 heavy (non-hydrogen) atoms. The fourth-order valence-corrected chi connectivity index (χ4v) is 5.07. The smallest absolute Gasteiger partial charge is 0.342 e.